The maximum Gasteiger partial charge on any atom is 0.339 e. The second kappa shape index (κ2) is 7.34. The zero-order valence-corrected chi connectivity index (χ0v) is 17.4. The van der Waals surface area contributed by atoms with Gasteiger partial charge in [-0.05, 0) is 48.9 Å². The summed E-state index contributed by atoms with van der Waals surface area (Å²) in [6.07, 6.45) is 3.66. The molecule has 0 N–H and O–H groups in total. The molecule has 0 aliphatic heterocycles. The summed E-state index contributed by atoms with van der Waals surface area (Å²) in [6, 6.07) is 22.6. The first-order valence-corrected chi connectivity index (χ1v) is 10.9. The number of fused-ring (bicyclic) bond motifs is 5. The highest BCUT2D eigenvalue weighted by molar-refractivity contribution is 6.20. The Hall–Kier alpha value is -3.92. The van der Waals surface area contributed by atoms with Crippen LogP contribution in [0.4, 0.5) is 0 Å². The van der Waals surface area contributed by atoms with Gasteiger partial charge >= 0.3 is 5.63 Å². The Bertz CT molecular complexity index is 1540. The number of hydrogen-bond donors (Lipinski definition) is 0. The second-order valence-electron chi connectivity index (χ2n) is 8.24. The molecule has 32 heavy (non-hydrogen) atoms. The minimum Gasteiger partial charge on any atom is -0.452 e. The van der Waals surface area contributed by atoms with Crippen LogP contribution in [-0.2, 0) is 12.8 Å². The second-order valence-corrected chi connectivity index (χ2v) is 8.24. The number of aryl methyl sites for hydroxylation is 1. The summed E-state index contributed by atoms with van der Waals surface area (Å²) in [4.78, 5) is 26.3. The normalized spacial score (nSPS) is 13.4. The van der Waals surface area contributed by atoms with Crippen molar-refractivity contribution >= 4 is 27.7 Å². The molecule has 2 heterocycles. The van der Waals surface area contributed by atoms with E-state index in [9.17, 15) is 9.59 Å². The third-order valence-electron chi connectivity index (χ3n) is 6.35. The molecule has 0 amide bonds. The molecule has 0 radical (unpaired) electrons. The van der Waals surface area contributed by atoms with Gasteiger partial charge in [-0.25, -0.2) is 4.79 Å². The molecule has 0 saturated heterocycles. The first kappa shape index (κ1) is 18.8. The molecule has 1 aliphatic rings. The van der Waals surface area contributed by atoms with E-state index in [0.29, 0.717) is 27.7 Å². The third kappa shape index (κ3) is 2.83. The van der Waals surface area contributed by atoms with Crippen molar-refractivity contribution in [3.05, 3.63) is 106 Å². The van der Waals surface area contributed by atoms with E-state index in [2.05, 4.69) is 0 Å². The zero-order chi connectivity index (χ0) is 21.7. The minimum atomic E-state index is -0.282. The van der Waals surface area contributed by atoms with Crippen molar-refractivity contribution in [3.8, 4) is 11.1 Å². The van der Waals surface area contributed by atoms with Crippen LogP contribution in [0.15, 0.2) is 86.4 Å². The predicted octanol–water partition coefficient (Wildman–Crippen LogP) is 6.32. The minimum absolute atomic E-state index is 0.200. The van der Waals surface area contributed by atoms with Crippen LogP contribution in [0.3, 0.4) is 0 Å². The van der Waals surface area contributed by atoms with E-state index in [4.69, 9.17) is 8.83 Å². The SMILES string of the molecule is O=C(c1ccccc1)c1oc2ccc3c4c(c(=O)oc3c2c1-c1ccccc1)CCCC4. The number of hydrogen-bond acceptors (Lipinski definition) is 4. The molecule has 156 valence electrons. The Labute approximate surface area is 184 Å². The number of benzene rings is 3. The van der Waals surface area contributed by atoms with Crippen LogP contribution >= 0.6 is 0 Å². The Kier molecular flexibility index (Phi) is 4.32. The van der Waals surface area contributed by atoms with Gasteiger partial charge in [0.05, 0.1) is 5.39 Å². The molecule has 1 aliphatic carbocycles. The summed E-state index contributed by atoms with van der Waals surface area (Å²) in [5, 5.41) is 1.61. The van der Waals surface area contributed by atoms with Gasteiger partial charge < -0.3 is 8.83 Å². The summed E-state index contributed by atoms with van der Waals surface area (Å²) >= 11 is 0. The average Bonchev–Trinajstić information content (AvgIpc) is 3.25. The lowest BCUT2D eigenvalue weighted by Gasteiger charge is -2.16. The van der Waals surface area contributed by atoms with Crippen molar-refractivity contribution < 1.29 is 13.6 Å². The predicted molar refractivity (Wildman–Crippen MR) is 124 cm³/mol. The third-order valence-corrected chi connectivity index (χ3v) is 6.35. The van der Waals surface area contributed by atoms with Crippen LogP contribution < -0.4 is 5.63 Å². The van der Waals surface area contributed by atoms with Gasteiger partial charge in [-0.3, -0.25) is 4.79 Å². The standard InChI is InChI=1S/C28H20O4/c29-25(18-11-5-2-6-12-18)27-23(17-9-3-1-4-10-17)24-22(31-27)16-15-20-19-13-7-8-14-21(19)28(30)32-26(20)24/h1-6,9-12,15-16H,7-8,13-14H2. The lowest BCUT2D eigenvalue weighted by molar-refractivity contribution is 0.101. The van der Waals surface area contributed by atoms with Crippen LogP contribution in [0.1, 0.15) is 40.1 Å². The van der Waals surface area contributed by atoms with Crippen molar-refractivity contribution in [2.45, 2.75) is 25.7 Å². The van der Waals surface area contributed by atoms with Crippen molar-refractivity contribution in [2.75, 3.05) is 0 Å². The largest absolute Gasteiger partial charge is 0.452 e. The highest BCUT2D eigenvalue weighted by atomic mass is 16.4. The Morgan fingerprint density at radius 3 is 2.19 bits per heavy atom. The monoisotopic (exact) mass is 420 g/mol. The van der Waals surface area contributed by atoms with Crippen LogP contribution in [0.2, 0.25) is 0 Å². The van der Waals surface area contributed by atoms with E-state index in [1.54, 1.807) is 12.1 Å². The van der Waals surface area contributed by atoms with E-state index in [-0.39, 0.29) is 17.2 Å². The van der Waals surface area contributed by atoms with Crippen LogP contribution in [0.5, 0.6) is 0 Å². The summed E-state index contributed by atoms with van der Waals surface area (Å²) < 4.78 is 12.1. The molecule has 5 aromatic rings. The van der Waals surface area contributed by atoms with Gasteiger partial charge in [-0.1, -0.05) is 60.7 Å². The Morgan fingerprint density at radius 2 is 1.44 bits per heavy atom. The highest BCUT2D eigenvalue weighted by Gasteiger charge is 2.27. The molecular weight excluding hydrogens is 400 g/mol. The van der Waals surface area contributed by atoms with E-state index in [1.807, 2.05) is 60.7 Å². The fraction of sp³-hybridized carbons (Fsp3) is 0.143. The quantitative estimate of drug-likeness (QED) is 0.253. The molecule has 4 heteroatoms. The van der Waals surface area contributed by atoms with Crippen LogP contribution in [0.25, 0.3) is 33.1 Å². The van der Waals surface area contributed by atoms with Gasteiger partial charge in [0.1, 0.15) is 11.2 Å². The van der Waals surface area contributed by atoms with Gasteiger partial charge in [-0.2, -0.15) is 0 Å². The van der Waals surface area contributed by atoms with Gasteiger partial charge in [0.25, 0.3) is 0 Å². The number of furan rings is 1. The maximum atomic E-state index is 13.5. The smallest absolute Gasteiger partial charge is 0.339 e. The average molecular weight is 420 g/mol. The Morgan fingerprint density at radius 1 is 0.750 bits per heavy atom. The van der Waals surface area contributed by atoms with Crippen molar-refractivity contribution in [1.29, 1.82) is 0 Å². The summed E-state index contributed by atoms with van der Waals surface area (Å²) in [7, 11) is 0. The number of carbonyl (C=O) groups is 1. The van der Waals surface area contributed by atoms with Crippen LogP contribution in [0, 0.1) is 0 Å². The lowest BCUT2D eigenvalue weighted by atomic mass is 9.89. The van der Waals surface area contributed by atoms with Crippen molar-refractivity contribution in [3.63, 3.8) is 0 Å². The van der Waals surface area contributed by atoms with E-state index < -0.39 is 0 Å². The number of carbonyl (C=O) groups excluding carboxylic acids is 1. The molecule has 4 nitrogen and oxygen atoms in total. The summed E-state index contributed by atoms with van der Waals surface area (Å²) in [5.41, 5.74) is 4.67. The first-order chi connectivity index (χ1) is 15.7. The molecule has 0 spiro atoms. The fourth-order valence-electron chi connectivity index (χ4n) is 4.85. The van der Waals surface area contributed by atoms with Gasteiger partial charge in [0.15, 0.2) is 5.76 Å². The van der Waals surface area contributed by atoms with E-state index in [1.165, 1.54) is 0 Å². The zero-order valence-electron chi connectivity index (χ0n) is 17.4. The van der Waals surface area contributed by atoms with E-state index >= 15 is 0 Å². The van der Waals surface area contributed by atoms with Crippen LogP contribution in [-0.4, -0.2) is 5.78 Å². The van der Waals surface area contributed by atoms with E-state index in [0.717, 1.165) is 47.8 Å². The van der Waals surface area contributed by atoms with Crippen molar-refractivity contribution in [1.82, 2.24) is 0 Å². The molecule has 0 unspecified atom stereocenters. The molecule has 2 aromatic heterocycles. The highest BCUT2D eigenvalue weighted by Crippen LogP contribution is 2.41. The Balaban J connectivity index is 1.73. The molecule has 3 aromatic carbocycles. The fourth-order valence-corrected chi connectivity index (χ4v) is 4.85. The summed E-state index contributed by atoms with van der Waals surface area (Å²) in [6.45, 7) is 0. The van der Waals surface area contributed by atoms with Gasteiger partial charge in [0, 0.05) is 22.1 Å². The molecule has 0 atom stereocenters. The topological polar surface area (TPSA) is 60.4 Å². The molecule has 0 bridgehead atoms. The molecule has 0 fully saturated rings. The number of ketones is 1. The number of rotatable bonds is 3. The van der Waals surface area contributed by atoms with Crippen molar-refractivity contribution in [2.24, 2.45) is 0 Å². The summed E-state index contributed by atoms with van der Waals surface area (Å²) in [5.74, 6) is 0.0550. The van der Waals surface area contributed by atoms with Gasteiger partial charge in [-0.15, -0.1) is 0 Å². The van der Waals surface area contributed by atoms with Gasteiger partial charge in [0.2, 0.25) is 5.78 Å². The molecule has 0 saturated carbocycles. The molecule has 6 rings (SSSR count). The lowest BCUT2D eigenvalue weighted by Crippen LogP contribution is -2.15. The molecular formula is C28H20O4. The maximum absolute atomic E-state index is 13.5. The first-order valence-electron chi connectivity index (χ1n) is 10.9.